The minimum atomic E-state index is -0.726. The molecule has 0 aromatic rings. The molecule has 4 N–H and O–H groups in total. The zero-order valence-electron chi connectivity index (χ0n) is 10.7. The number of primary amides is 1. The van der Waals surface area contributed by atoms with Gasteiger partial charge in [0.2, 0.25) is 5.91 Å². The normalized spacial score (nSPS) is 34.4. The maximum Gasteiger partial charge on any atom is 0.229 e. The highest BCUT2D eigenvalue weighted by Crippen LogP contribution is 2.47. The second-order valence-corrected chi connectivity index (χ2v) is 5.94. The summed E-state index contributed by atoms with van der Waals surface area (Å²) in [4.78, 5) is 12.0. The van der Waals surface area contributed by atoms with Crippen LogP contribution in [0.1, 0.15) is 32.6 Å². The van der Waals surface area contributed by atoms with E-state index in [2.05, 4.69) is 0 Å². The molecule has 0 spiro atoms. The second kappa shape index (κ2) is 5.06. The zero-order chi connectivity index (χ0) is 13.3. The molecule has 0 saturated heterocycles. The van der Waals surface area contributed by atoms with E-state index >= 15 is 0 Å². The third-order valence-corrected chi connectivity index (χ3v) is 4.82. The summed E-state index contributed by atoms with van der Waals surface area (Å²) in [5, 5.41) is -0.385. The lowest BCUT2D eigenvalue weighted by atomic mass is 9.68. The lowest BCUT2D eigenvalue weighted by Crippen LogP contribution is -2.48. The van der Waals surface area contributed by atoms with Crippen molar-refractivity contribution in [2.24, 2.45) is 22.8 Å². The molecule has 0 aliphatic heterocycles. The van der Waals surface area contributed by atoms with Gasteiger partial charge in [0.1, 0.15) is 0 Å². The molecule has 1 amide bonds. The molecular formula is C14H21ClN2O. The second-order valence-electron chi connectivity index (χ2n) is 5.47. The average Bonchev–Trinajstić information content (AvgIpc) is 2.82. The summed E-state index contributed by atoms with van der Waals surface area (Å²) < 4.78 is 0. The van der Waals surface area contributed by atoms with Gasteiger partial charge in [0.25, 0.3) is 0 Å². The summed E-state index contributed by atoms with van der Waals surface area (Å²) in [6.45, 7) is 1.91. The Hall–Kier alpha value is -0.800. The van der Waals surface area contributed by atoms with Crippen LogP contribution in [0.15, 0.2) is 23.8 Å². The first-order chi connectivity index (χ1) is 8.48. The minimum Gasteiger partial charge on any atom is -0.369 e. The van der Waals surface area contributed by atoms with Gasteiger partial charge < -0.3 is 11.5 Å². The Bertz CT molecular complexity index is 397. The van der Waals surface area contributed by atoms with E-state index in [9.17, 15) is 4.79 Å². The smallest absolute Gasteiger partial charge is 0.229 e. The van der Waals surface area contributed by atoms with Crippen LogP contribution in [0.3, 0.4) is 0 Å². The van der Waals surface area contributed by atoms with Crippen molar-refractivity contribution >= 4 is 17.5 Å². The van der Waals surface area contributed by atoms with Gasteiger partial charge >= 0.3 is 0 Å². The molecule has 0 aromatic carbocycles. The topological polar surface area (TPSA) is 69.1 Å². The number of carbonyl (C=O) groups is 1. The van der Waals surface area contributed by atoms with E-state index in [-0.39, 0.29) is 23.2 Å². The van der Waals surface area contributed by atoms with Gasteiger partial charge in [-0.1, -0.05) is 31.1 Å². The summed E-state index contributed by atoms with van der Waals surface area (Å²) >= 11 is 6.47. The van der Waals surface area contributed by atoms with E-state index in [4.69, 9.17) is 23.1 Å². The van der Waals surface area contributed by atoms with Gasteiger partial charge in [0, 0.05) is 6.04 Å². The minimum absolute atomic E-state index is 0.0723. The maximum atomic E-state index is 12.0. The first-order valence-corrected chi connectivity index (χ1v) is 7.02. The highest BCUT2D eigenvalue weighted by molar-refractivity contribution is 6.24. The number of alkyl halides is 1. The van der Waals surface area contributed by atoms with E-state index in [1.54, 1.807) is 0 Å². The van der Waals surface area contributed by atoms with Gasteiger partial charge in [0.05, 0.1) is 10.8 Å². The predicted octanol–water partition coefficient (Wildman–Crippen LogP) is 2.10. The molecule has 3 nitrogen and oxygen atoms in total. The lowest BCUT2D eigenvalue weighted by Gasteiger charge is -2.39. The van der Waals surface area contributed by atoms with Crippen LogP contribution in [0, 0.1) is 11.3 Å². The predicted molar refractivity (Wildman–Crippen MR) is 74.1 cm³/mol. The molecule has 0 aromatic heterocycles. The highest BCUT2D eigenvalue weighted by Gasteiger charge is 2.49. The lowest BCUT2D eigenvalue weighted by molar-refractivity contribution is -0.127. The van der Waals surface area contributed by atoms with Crippen molar-refractivity contribution in [1.29, 1.82) is 0 Å². The van der Waals surface area contributed by atoms with Crippen molar-refractivity contribution in [3.8, 4) is 0 Å². The van der Waals surface area contributed by atoms with E-state index in [0.29, 0.717) is 0 Å². The van der Waals surface area contributed by atoms with E-state index in [1.165, 1.54) is 0 Å². The summed E-state index contributed by atoms with van der Waals surface area (Å²) in [6, 6.07) is -0.0723. The molecule has 2 rings (SSSR count). The molecule has 100 valence electrons. The number of nitrogens with two attached hydrogens (primary N) is 2. The van der Waals surface area contributed by atoms with Crippen LogP contribution in [0.2, 0.25) is 0 Å². The maximum absolute atomic E-state index is 12.0. The summed E-state index contributed by atoms with van der Waals surface area (Å²) in [5.41, 5.74) is 11.8. The number of hydrogen-bond acceptors (Lipinski definition) is 2. The van der Waals surface area contributed by atoms with Crippen LogP contribution >= 0.6 is 11.6 Å². The molecule has 1 saturated carbocycles. The molecule has 0 radical (unpaired) electrons. The fourth-order valence-electron chi connectivity index (χ4n) is 3.18. The highest BCUT2D eigenvalue weighted by atomic mass is 35.5. The molecule has 0 bridgehead atoms. The molecule has 0 heterocycles. The zero-order valence-corrected chi connectivity index (χ0v) is 11.5. The first-order valence-electron chi connectivity index (χ1n) is 6.59. The quantitative estimate of drug-likeness (QED) is 0.770. The van der Waals surface area contributed by atoms with Crippen molar-refractivity contribution in [3.63, 3.8) is 0 Å². The molecule has 2 aliphatic carbocycles. The fraction of sp³-hybridized carbons (Fsp3) is 0.643. The summed E-state index contributed by atoms with van der Waals surface area (Å²) in [5.74, 6) is -0.0507. The van der Waals surface area contributed by atoms with E-state index in [0.717, 1.165) is 31.3 Å². The summed E-state index contributed by atoms with van der Waals surface area (Å²) in [7, 11) is 0. The van der Waals surface area contributed by atoms with E-state index in [1.807, 2.05) is 25.2 Å². The van der Waals surface area contributed by atoms with Crippen LogP contribution in [-0.4, -0.2) is 17.3 Å². The van der Waals surface area contributed by atoms with Gasteiger partial charge in [0.15, 0.2) is 0 Å². The Kier molecular flexibility index (Phi) is 3.83. The Balaban J connectivity index is 2.34. The van der Waals surface area contributed by atoms with Gasteiger partial charge in [-0.2, -0.15) is 0 Å². The molecule has 18 heavy (non-hydrogen) atoms. The number of hydrogen-bond donors (Lipinski definition) is 2. The van der Waals surface area contributed by atoms with Gasteiger partial charge in [-0.05, 0) is 31.3 Å². The Morgan fingerprint density at radius 3 is 2.56 bits per heavy atom. The Morgan fingerprint density at radius 2 is 2.11 bits per heavy atom. The van der Waals surface area contributed by atoms with Crippen LogP contribution < -0.4 is 11.5 Å². The van der Waals surface area contributed by atoms with Crippen molar-refractivity contribution in [2.75, 3.05) is 0 Å². The number of rotatable bonds is 3. The van der Waals surface area contributed by atoms with Crippen molar-refractivity contribution in [1.82, 2.24) is 0 Å². The molecule has 3 atom stereocenters. The van der Waals surface area contributed by atoms with Crippen LogP contribution in [0.4, 0.5) is 0 Å². The molecule has 1 fully saturated rings. The Morgan fingerprint density at radius 1 is 1.50 bits per heavy atom. The number of halogens is 1. The SMILES string of the molecule is CC(N)C1=CC(Cl)C(C(N)=O)(C2CCCC2)C=C1. The van der Waals surface area contributed by atoms with Crippen LogP contribution in [0.25, 0.3) is 0 Å². The first kappa shape index (κ1) is 13.6. The molecular weight excluding hydrogens is 248 g/mol. The third-order valence-electron chi connectivity index (χ3n) is 4.33. The van der Waals surface area contributed by atoms with Gasteiger partial charge in [-0.15, -0.1) is 11.6 Å². The van der Waals surface area contributed by atoms with Crippen molar-refractivity contribution < 1.29 is 4.79 Å². The van der Waals surface area contributed by atoms with Crippen molar-refractivity contribution in [2.45, 2.75) is 44.0 Å². The fourth-order valence-corrected chi connectivity index (χ4v) is 3.68. The number of amides is 1. The average molecular weight is 269 g/mol. The van der Waals surface area contributed by atoms with Gasteiger partial charge in [-0.3, -0.25) is 4.79 Å². The largest absolute Gasteiger partial charge is 0.369 e. The third kappa shape index (κ3) is 2.10. The summed E-state index contributed by atoms with van der Waals surface area (Å²) in [6.07, 6.45) is 10.1. The van der Waals surface area contributed by atoms with Crippen LogP contribution in [-0.2, 0) is 4.79 Å². The van der Waals surface area contributed by atoms with E-state index < -0.39 is 5.41 Å². The number of allylic oxidation sites excluding steroid dienone is 1. The molecule has 2 aliphatic rings. The monoisotopic (exact) mass is 268 g/mol. The van der Waals surface area contributed by atoms with Gasteiger partial charge in [-0.25, -0.2) is 0 Å². The molecule has 4 heteroatoms. The Labute approximate surface area is 113 Å². The van der Waals surface area contributed by atoms with Crippen LogP contribution in [0.5, 0.6) is 0 Å². The van der Waals surface area contributed by atoms with Crippen molar-refractivity contribution in [3.05, 3.63) is 23.8 Å². The standard InChI is InChI=1S/C14H21ClN2O/c1-9(16)10-6-7-14(13(17)18,12(15)8-10)11-4-2-3-5-11/h6-9,11-12H,2-5,16H2,1H3,(H2,17,18). The molecule has 3 unspecified atom stereocenters. The number of carbonyl (C=O) groups excluding carboxylic acids is 1.